The van der Waals surface area contributed by atoms with Gasteiger partial charge in [0.05, 0.1) is 37.6 Å². The molecule has 84 heavy (non-hydrogen) atoms. The predicted molar refractivity (Wildman–Crippen MR) is 302 cm³/mol. The molecule has 0 saturated carbocycles. The fourth-order valence-corrected chi connectivity index (χ4v) is 8.67. The minimum atomic E-state index is -2.02. The van der Waals surface area contributed by atoms with Gasteiger partial charge in [-0.15, -0.1) is 0 Å². The number of cyclic esters (lactones) is 1. The molecular formula is C56H84N12O16. The third kappa shape index (κ3) is 24.7. The van der Waals surface area contributed by atoms with Gasteiger partial charge in [0.15, 0.2) is 0 Å². The number of aliphatic hydroxyl groups is 3. The van der Waals surface area contributed by atoms with Crippen molar-refractivity contribution in [2.45, 2.75) is 199 Å². The summed E-state index contributed by atoms with van der Waals surface area (Å²) in [5.74, 6) is -12.1. The lowest BCUT2D eigenvalue weighted by Gasteiger charge is -2.30. The molecule has 464 valence electrons. The Morgan fingerprint density at radius 3 is 1.94 bits per heavy atom. The highest BCUT2D eigenvalue weighted by Crippen LogP contribution is 2.16. The van der Waals surface area contributed by atoms with Gasteiger partial charge in [0.1, 0.15) is 59.5 Å². The van der Waals surface area contributed by atoms with E-state index >= 15 is 0 Å². The zero-order valence-electron chi connectivity index (χ0n) is 48.4. The van der Waals surface area contributed by atoms with E-state index in [9.17, 15) is 73.2 Å². The molecule has 1 aliphatic heterocycles. The number of hydrogen-bond acceptors (Lipinski definition) is 17. The second-order valence-corrected chi connectivity index (χ2v) is 20.5. The number of aliphatic hydroxyl groups excluding tert-OH is 3. The van der Waals surface area contributed by atoms with Gasteiger partial charge in [-0.25, -0.2) is 9.78 Å². The molecule has 0 spiro atoms. The molecule has 2 heterocycles. The number of carbonyl (C=O) groups excluding carboxylic acids is 11. The smallest absolute Gasteiger partial charge is 0.329 e. The Morgan fingerprint density at radius 2 is 1.37 bits per heavy atom. The number of aromatic amines is 1. The van der Waals surface area contributed by atoms with Crippen LogP contribution >= 0.6 is 0 Å². The lowest BCUT2D eigenvalue weighted by molar-refractivity contribution is -0.156. The summed E-state index contributed by atoms with van der Waals surface area (Å²) in [6, 6.07) is -5.39. The summed E-state index contributed by atoms with van der Waals surface area (Å²) in [4.78, 5) is 158. The van der Waals surface area contributed by atoms with E-state index in [0.29, 0.717) is 18.4 Å². The largest absolute Gasteiger partial charge is 0.508 e. The Morgan fingerprint density at radius 1 is 0.762 bits per heavy atom. The van der Waals surface area contributed by atoms with Crippen LogP contribution in [0.2, 0.25) is 0 Å². The standard InChI is InChI=1S/C56H84N12O16/c1-7-10-11-12-13-14-15-16-17-18-37(72)27-44(74)61-38(8-2)51(78)68-48-33(6)84-56(83)42(26-35-28-58-30-60-35)65-53(80)46(31(4)69)66-45(75)29-59-49(76)40(23-24-43(57)73)63-50(77)39(9-3)62-52(79)41(25-34-19-21-36(71)22-20-34)64-54(81)47(32(5)70)67-55(48)82/h8-9,19-22,28,30-33,37,40-42,46-48,69-72H,7,10-18,23-27,29H2,1-6H3,(H2,57,73)(H,58,60)(H,59,76)(H,61,74)(H,62,79)(H,63,77)(H,64,81)(H,65,80)(H,66,75)(H,67,82)(H,68,78)/t31-,32+,33-,37-,40-,41-,42+,46+,47-,48+/m1/s1. The number of aromatic hydroxyl groups is 1. The number of nitrogens with zero attached hydrogens (tertiary/aromatic N) is 1. The zero-order chi connectivity index (χ0) is 62.5. The summed E-state index contributed by atoms with van der Waals surface area (Å²) in [5, 5.41) is 63.7. The van der Waals surface area contributed by atoms with Gasteiger partial charge in [-0.1, -0.05) is 89.0 Å². The number of nitrogens with one attached hydrogen (secondary N) is 10. The maximum atomic E-state index is 14.6. The molecule has 0 unspecified atom stereocenters. The quantitative estimate of drug-likeness (QED) is 0.0327. The molecule has 1 aliphatic rings. The Hall–Kier alpha value is -8.24. The van der Waals surface area contributed by atoms with Crippen LogP contribution < -0.4 is 53.6 Å². The number of allylic oxidation sites excluding steroid dienone is 2. The van der Waals surface area contributed by atoms with Gasteiger partial charge in [0.2, 0.25) is 47.3 Å². The average Bonchev–Trinajstić information content (AvgIpc) is 4.02. The number of aromatic nitrogens is 2. The van der Waals surface area contributed by atoms with Crippen molar-refractivity contribution in [1.29, 1.82) is 0 Å². The van der Waals surface area contributed by atoms with Gasteiger partial charge in [-0.2, -0.15) is 0 Å². The summed E-state index contributed by atoms with van der Waals surface area (Å²) >= 11 is 0. The normalized spacial score (nSPS) is 22.8. The number of phenolic OH excluding ortho intramolecular Hbond substituents is 1. The fraction of sp³-hybridized carbons (Fsp3) is 0.571. The number of esters is 1. The van der Waals surface area contributed by atoms with Crippen molar-refractivity contribution in [3.63, 3.8) is 0 Å². The van der Waals surface area contributed by atoms with Gasteiger partial charge in [-0.3, -0.25) is 47.9 Å². The molecule has 0 bridgehead atoms. The molecule has 1 saturated heterocycles. The van der Waals surface area contributed by atoms with Crippen LogP contribution in [-0.4, -0.2) is 163 Å². The number of primary amides is 1. The second-order valence-electron chi connectivity index (χ2n) is 20.5. The summed E-state index contributed by atoms with van der Waals surface area (Å²) in [6.45, 7) is 7.36. The van der Waals surface area contributed by atoms with E-state index < -0.39 is 169 Å². The molecule has 1 fully saturated rings. The Balaban J connectivity index is 2.10. The van der Waals surface area contributed by atoms with Crippen LogP contribution in [0.5, 0.6) is 5.75 Å². The van der Waals surface area contributed by atoms with Crippen molar-refractivity contribution < 1.29 is 77.9 Å². The topological polar surface area (TPSA) is 441 Å². The van der Waals surface area contributed by atoms with Crippen LogP contribution in [0.15, 0.2) is 60.3 Å². The summed E-state index contributed by atoms with van der Waals surface area (Å²) in [5.41, 5.74) is 5.01. The van der Waals surface area contributed by atoms with E-state index in [-0.39, 0.29) is 17.9 Å². The molecule has 1 aromatic heterocycles. The summed E-state index contributed by atoms with van der Waals surface area (Å²) in [7, 11) is 0. The molecule has 16 N–H and O–H groups in total. The maximum Gasteiger partial charge on any atom is 0.329 e. The third-order valence-electron chi connectivity index (χ3n) is 13.5. The first-order valence-electron chi connectivity index (χ1n) is 28.2. The summed E-state index contributed by atoms with van der Waals surface area (Å²) in [6.07, 6.45) is 6.30. The van der Waals surface area contributed by atoms with Gasteiger partial charge in [0.25, 0.3) is 11.8 Å². The molecule has 10 amide bonds. The van der Waals surface area contributed by atoms with Crippen LogP contribution in [0.4, 0.5) is 0 Å². The van der Waals surface area contributed by atoms with E-state index in [2.05, 4.69) is 64.7 Å². The molecule has 3 rings (SSSR count). The Labute approximate surface area is 487 Å². The lowest BCUT2D eigenvalue weighted by atomic mass is 10.0. The molecule has 0 radical (unpaired) electrons. The molecule has 28 nitrogen and oxygen atoms in total. The van der Waals surface area contributed by atoms with Crippen molar-refractivity contribution >= 4 is 65.0 Å². The number of H-pyrrole nitrogens is 1. The SMILES string of the molecule is CC=C(NC(=O)C[C@H](O)CCCCCCCCCCC)C(=O)N[C@@H]1C(=O)N[C@H]([C@H](C)O)C(=O)N[C@H](Cc2ccc(O)cc2)C(=O)NC(=CC)C(=O)N[C@H](CCC(N)=O)C(=O)NCC(=O)N[C@@H]([C@@H](C)O)C(=O)N[C@@H](Cc2cnc[nH]2)C(=O)O[C@@H]1C. The zero-order valence-corrected chi connectivity index (χ0v) is 48.4. The van der Waals surface area contributed by atoms with Gasteiger partial charge in [0, 0.05) is 31.2 Å². The van der Waals surface area contributed by atoms with Crippen molar-refractivity contribution in [3.05, 3.63) is 71.6 Å². The predicted octanol–water partition coefficient (Wildman–Crippen LogP) is -1.39. The number of imidazole rings is 1. The highest BCUT2D eigenvalue weighted by Gasteiger charge is 2.39. The third-order valence-corrected chi connectivity index (χ3v) is 13.5. The number of carbonyl (C=O) groups is 11. The van der Waals surface area contributed by atoms with Crippen LogP contribution in [0, 0.1) is 0 Å². The van der Waals surface area contributed by atoms with Crippen molar-refractivity contribution in [1.82, 2.24) is 57.8 Å². The molecule has 0 aliphatic carbocycles. The Bertz CT molecular complexity index is 2610. The van der Waals surface area contributed by atoms with E-state index in [1.54, 1.807) is 0 Å². The first kappa shape index (κ1) is 70.0. The number of benzene rings is 1. The second kappa shape index (κ2) is 36.4. The first-order chi connectivity index (χ1) is 39.9. The number of phenols is 1. The molecule has 1 aromatic carbocycles. The van der Waals surface area contributed by atoms with Crippen molar-refractivity contribution in [2.24, 2.45) is 5.73 Å². The maximum absolute atomic E-state index is 14.6. The van der Waals surface area contributed by atoms with E-state index in [0.717, 1.165) is 59.0 Å². The van der Waals surface area contributed by atoms with Crippen LogP contribution in [0.25, 0.3) is 0 Å². The molecular weight excluding hydrogens is 1100 g/mol. The minimum absolute atomic E-state index is 0.150. The van der Waals surface area contributed by atoms with Crippen molar-refractivity contribution in [3.8, 4) is 5.75 Å². The number of nitrogens with two attached hydrogens (primary N) is 1. The summed E-state index contributed by atoms with van der Waals surface area (Å²) < 4.78 is 5.75. The van der Waals surface area contributed by atoms with E-state index in [1.807, 2.05) is 0 Å². The fourth-order valence-electron chi connectivity index (χ4n) is 8.67. The first-order valence-corrected chi connectivity index (χ1v) is 28.2. The highest BCUT2D eigenvalue weighted by atomic mass is 16.5. The molecule has 10 atom stereocenters. The molecule has 2 aromatic rings. The van der Waals surface area contributed by atoms with Gasteiger partial charge in [-0.05, 0) is 65.2 Å². The average molecular weight is 1180 g/mol. The van der Waals surface area contributed by atoms with Crippen LogP contribution in [-0.2, 0) is 70.3 Å². The van der Waals surface area contributed by atoms with Crippen LogP contribution in [0.1, 0.15) is 136 Å². The number of hydrogen-bond donors (Lipinski definition) is 15. The van der Waals surface area contributed by atoms with Crippen LogP contribution in [0.3, 0.4) is 0 Å². The minimum Gasteiger partial charge on any atom is -0.508 e. The monoisotopic (exact) mass is 1180 g/mol. The number of ether oxygens (including phenoxy) is 1. The Kier molecular flexibility index (Phi) is 30.3. The van der Waals surface area contributed by atoms with E-state index in [1.165, 1.54) is 76.0 Å². The molecule has 28 heteroatoms. The van der Waals surface area contributed by atoms with Gasteiger partial charge < -0.3 is 83.7 Å². The lowest BCUT2D eigenvalue weighted by Crippen LogP contribution is -2.62. The number of rotatable bonds is 24. The van der Waals surface area contributed by atoms with E-state index in [4.69, 9.17) is 10.5 Å². The highest BCUT2D eigenvalue weighted by molar-refractivity contribution is 6.03. The number of unbranched alkanes of at least 4 members (excludes halogenated alkanes) is 8. The van der Waals surface area contributed by atoms with Crippen molar-refractivity contribution in [2.75, 3.05) is 6.54 Å². The number of amides is 10. The van der Waals surface area contributed by atoms with Gasteiger partial charge >= 0.3 is 5.97 Å².